The monoisotopic (exact) mass is 345 g/mol. The van der Waals surface area contributed by atoms with E-state index in [1.54, 1.807) is 4.57 Å². The Morgan fingerprint density at radius 1 is 1.35 bits per heavy atom. The van der Waals surface area contributed by atoms with E-state index < -0.39 is 11.9 Å². The summed E-state index contributed by atoms with van der Waals surface area (Å²) in [5.41, 5.74) is -0.817. The number of aromatic nitrogens is 4. The highest BCUT2D eigenvalue weighted by molar-refractivity contribution is 6.30. The quantitative estimate of drug-likeness (QED) is 0.858. The first-order valence-corrected chi connectivity index (χ1v) is 7.52. The van der Waals surface area contributed by atoms with Crippen LogP contribution in [0.5, 0.6) is 0 Å². The van der Waals surface area contributed by atoms with Gasteiger partial charge in [0.25, 0.3) is 0 Å². The summed E-state index contributed by atoms with van der Waals surface area (Å²) in [6, 6.07) is 0. The Morgan fingerprint density at radius 2 is 2.04 bits per heavy atom. The van der Waals surface area contributed by atoms with E-state index in [4.69, 9.17) is 11.6 Å². The van der Waals surface area contributed by atoms with Crippen molar-refractivity contribution in [2.75, 3.05) is 18.5 Å². The largest absolute Gasteiger partial charge is 0.434 e. The molecule has 2 aromatic heterocycles. The van der Waals surface area contributed by atoms with Gasteiger partial charge in [-0.3, -0.25) is 0 Å². The van der Waals surface area contributed by atoms with Gasteiger partial charge in [-0.25, -0.2) is 15.0 Å². The van der Waals surface area contributed by atoms with Gasteiger partial charge in [0.15, 0.2) is 5.69 Å². The van der Waals surface area contributed by atoms with Gasteiger partial charge >= 0.3 is 6.18 Å². The van der Waals surface area contributed by atoms with Crippen LogP contribution in [-0.2, 0) is 19.1 Å². The van der Waals surface area contributed by atoms with Crippen LogP contribution in [0.4, 0.5) is 19.1 Å². The van der Waals surface area contributed by atoms with E-state index in [1.807, 2.05) is 11.9 Å². The van der Waals surface area contributed by atoms with E-state index in [0.29, 0.717) is 36.3 Å². The minimum absolute atomic E-state index is 0.210. The lowest BCUT2D eigenvalue weighted by Gasteiger charge is -2.28. The molecule has 0 aliphatic carbocycles. The van der Waals surface area contributed by atoms with Crippen LogP contribution in [0.1, 0.15) is 17.9 Å². The fraction of sp³-hybridized carbons (Fsp3) is 0.500. The van der Waals surface area contributed by atoms with Crippen LogP contribution in [0, 0.1) is 5.92 Å². The van der Waals surface area contributed by atoms with E-state index in [9.17, 15) is 13.2 Å². The van der Waals surface area contributed by atoms with Crippen molar-refractivity contribution in [1.29, 1.82) is 0 Å². The zero-order valence-electron chi connectivity index (χ0n) is 12.4. The molecule has 23 heavy (non-hydrogen) atoms. The third-order valence-electron chi connectivity index (χ3n) is 3.86. The number of alkyl halides is 3. The summed E-state index contributed by atoms with van der Waals surface area (Å²) in [4.78, 5) is 13.8. The number of anilines is 1. The Bertz CT molecular complexity index is 683. The molecule has 0 spiro atoms. The van der Waals surface area contributed by atoms with Crippen molar-refractivity contribution in [1.82, 2.24) is 19.5 Å². The average Bonchev–Trinajstić information content (AvgIpc) is 2.91. The molecule has 9 heteroatoms. The number of halogens is 4. The Labute approximate surface area is 136 Å². The molecule has 0 N–H and O–H groups in total. The number of fused-ring (bicyclic) bond motifs is 1. The van der Waals surface area contributed by atoms with Crippen LogP contribution in [0.3, 0.4) is 0 Å². The molecule has 1 aliphatic heterocycles. The molecule has 124 valence electrons. The normalized spacial score (nSPS) is 17.9. The highest BCUT2D eigenvalue weighted by atomic mass is 35.5. The van der Waals surface area contributed by atoms with Crippen LogP contribution in [0.2, 0.25) is 5.02 Å². The molecule has 0 fully saturated rings. The lowest BCUT2D eigenvalue weighted by molar-refractivity contribution is -0.141. The molecule has 0 unspecified atom stereocenters. The predicted octanol–water partition coefficient (Wildman–Crippen LogP) is 3.04. The van der Waals surface area contributed by atoms with Crippen LogP contribution < -0.4 is 4.90 Å². The second-order valence-electron chi connectivity index (χ2n) is 5.68. The average molecular weight is 346 g/mol. The van der Waals surface area contributed by atoms with Crippen LogP contribution >= 0.6 is 11.6 Å². The number of hydrogen-bond donors (Lipinski definition) is 0. The standard InChI is InChI=1S/C14H15ClF3N5/c1-22(13-19-4-10(15)5-20-13)6-9-2-3-12-21-11(14(16,17)18)8-23(12)7-9/h4-5,8-9H,2-3,6-7H2,1H3/t9-/m1/s1. The molecule has 5 nitrogen and oxygen atoms in total. The predicted molar refractivity (Wildman–Crippen MR) is 79.4 cm³/mol. The SMILES string of the molecule is CN(C[C@H]1CCc2nc(C(F)(F)F)cn2C1)c1ncc(Cl)cn1. The molecule has 0 radical (unpaired) electrons. The van der Waals surface area contributed by atoms with E-state index in [0.717, 1.165) is 12.6 Å². The molecule has 1 atom stereocenters. The Morgan fingerprint density at radius 3 is 2.70 bits per heavy atom. The van der Waals surface area contributed by atoms with E-state index >= 15 is 0 Å². The van der Waals surface area contributed by atoms with Crippen molar-refractivity contribution < 1.29 is 13.2 Å². The minimum atomic E-state index is -4.40. The number of rotatable bonds is 3. The van der Waals surface area contributed by atoms with Gasteiger partial charge in [0.1, 0.15) is 5.82 Å². The van der Waals surface area contributed by atoms with Crippen molar-refractivity contribution >= 4 is 17.5 Å². The van der Waals surface area contributed by atoms with Gasteiger partial charge in [0, 0.05) is 32.8 Å². The summed E-state index contributed by atoms with van der Waals surface area (Å²) in [7, 11) is 1.85. The van der Waals surface area contributed by atoms with Crippen molar-refractivity contribution in [3.8, 4) is 0 Å². The molecule has 3 rings (SSSR count). The smallest absolute Gasteiger partial charge is 0.344 e. The molecule has 0 saturated heterocycles. The van der Waals surface area contributed by atoms with Crippen LogP contribution in [-0.4, -0.2) is 33.1 Å². The molecule has 0 aromatic carbocycles. The zero-order valence-corrected chi connectivity index (χ0v) is 13.1. The van der Waals surface area contributed by atoms with Gasteiger partial charge in [-0.05, 0) is 12.3 Å². The van der Waals surface area contributed by atoms with Gasteiger partial charge in [-0.2, -0.15) is 13.2 Å². The number of imidazole rings is 1. The molecular weight excluding hydrogens is 331 g/mol. The maximum absolute atomic E-state index is 12.7. The van der Waals surface area contributed by atoms with Gasteiger partial charge in [0.2, 0.25) is 5.95 Å². The van der Waals surface area contributed by atoms with E-state index in [2.05, 4.69) is 15.0 Å². The highest BCUT2D eigenvalue weighted by Crippen LogP contribution is 2.31. The first-order chi connectivity index (χ1) is 10.8. The molecule has 3 heterocycles. The molecule has 0 saturated carbocycles. The molecule has 0 bridgehead atoms. The maximum atomic E-state index is 12.7. The van der Waals surface area contributed by atoms with Gasteiger partial charge in [-0.15, -0.1) is 0 Å². The number of nitrogens with zero attached hydrogens (tertiary/aromatic N) is 5. The number of hydrogen-bond acceptors (Lipinski definition) is 4. The fourth-order valence-electron chi connectivity index (χ4n) is 2.77. The van der Waals surface area contributed by atoms with E-state index in [1.165, 1.54) is 12.4 Å². The lowest BCUT2D eigenvalue weighted by Crippen LogP contribution is -2.32. The molecular formula is C14H15ClF3N5. The van der Waals surface area contributed by atoms with E-state index in [-0.39, 0.29) is 5.92 Å². The summed E-state index contributed by atoms with van der Waals surface area (Å²) in [5, 5.41) is 0.461. The molecule has 0 amide bonds. The Hall–Kier alpha value is -1.83. The molecule has 2 aromatic rings. The van der Waals surface area contributed by atoms with Crippen LogP contribution in [0.25, 0.3) is 0 Å². The van der Waals surface area contributed by atoms with Crippen molar-refractivity contribution in [2.45, 2.75) is 25.6 Å². The van der Waals surface area contributed by atoms with Crippen molar-refractivity contribution in [2.24, 2.45) is 5.92 Å². The number of aryl methyl sites for hydroxylation is 1. The van der Waals surface area contributed by atoms with Gasteiger partial charge in [-0.1, -0.05) is 11.6 Å². The second-order valence-corrected chi connectivity index (χ2v) is 6.12. The minimum Gasteiger partial charge on any atom is -0.344 e. The summed E-state index contributed by atoms with van der Waals surface area (Å²) in [6.45, 7) is 1.16. The fourth-order valence-corrected chi connectivity index (χ4v) is 2.87. The summed E-state index contributed by atoms with van der Waals surface area (Å²) in [5.74, 6) is 1.25. The first-order valence-electron chi connectivity index (χ1n) is 7.15. The second kappa shape index (κ2) is 5.99. The summed E-state index contributed by atoms with van der Waals surface area (Å²) >= 11 is 5.76. The summed E-state index contributed by atoms with van der Waals surface area (Å²) < 4.78 is 39.8. The van der Waals surface area contributed by atoms with Gasteiger partial charge in [0.05, 0.1) is 17.4 Å². The Kier molecular flexibility index (Phi) is 4.18. The first kappa shape index (κ1) is 16.0. The van der Waals surface area contributed by atoms with Crippen molar-refractivity contribution in [3.63, 3.8) is 0 Å². The third kappa shape index (κ3) is 3.57. The zero-order chi connectivity index (χ0) is 16.6. The van der Waals surface area contributed by atoms with Crippen LogP contribution in [0.15, 0.2) is 18.6 Å². The highest BCUT2D eigenvalue weighted by Gasteiger charge is 2.35. The Balaban J connectivity index is 1.67. The maximum Gasteiger partial charge on any atom is 0.434 e. The third-order valence-corrected chi connectivity index (χ3v) is 4.06. The lowest BCUT2D eigenvalue weighted by atomic mass is 9.99. The topological polar surface area (TPSA) is 46.8 Å². The van der Waals surface area contributed by atoms with Gasteiger partial charge < -0.3 is 9.47 Å². The van der Waals surface area contributed by atoms with Crippen molar-refractivity contribution in [3.05, 3.63) is 35.1 Å². The molecule has 1 aliphatic rings. The summed E-state index contributed by atoms with van der Waals surface area (Å²) in [6.07, 6.45) is 1.06.